The summed E-state index contributed by atoms with van der Waals surface area (Å²) in [5.41, 5.74) is 0.629. The second kappa shape index (κ2) is 6.35. The van der Waals surface area contributed by atoms with E-state index in [1.54, 1.807) is 31.1 Å². The molecule has 0 spiro atoms. The molecule has 1 rings (SSSR count). The quantitative estimate of drug-likeness (QED) is 0.850. The molecule has 1 amide bonds. The molecule has 1 aromatic carbocycles. The molecule has 0 saturated carbocycles. The maximum atomic E-state index is 13.4. The van der Waals surface area contributed by atoms with E-state index in [0.29, 0.717) is 18.5 Å². The molecule has 1 N–H and O–H groups in total. The Morgan fingerprint density at radius 1 is 1.41 bits per heavy atom. The van der Waals surface area contributed by atoms with E-state index >= 15 is 0 Å². The van der Waals surface area contributed by atoms with Crippen molar-refractivity contribution < 1.29 is 9.18 Å². The number of carbonyl (C=O) groups excluding carboxylic acids is 1. The maximum Gasteiger partial charge on any atom is 0.223 e. The minimum atomic E-state index is -0.216. The average Bonchev–Trinajstić information content (AvgIpc) is 2.29. The molecule has 1 atom stereocenters. The molecule has 3 nitrogen and oxygen atoms in total. The Balaban J connectivity index is 2.43. The lowest BCUT2D eigenvalue weighted by Crippen LogP contribution is -2.28. The van der Waals surface area contributed by atoms with Crippen LogP contribution in [0, 0.1) is 5.82 Å². The fourth-order valence-corrected chi connectivity index (χ4v) is 1.56. The van der Waals surface area contributed by atoms with Gasteiger partial charge in [0.25, 0.3) is 0 Å². The van der Waals surface area contributed by atoms with E-state index in [9.17, 15) is 9.18 Å². The molecule has 94 valence electrons. The van der Waals surface area contributed by atoms with Crippen LogP contribution in [-0.4, -0.2) is 31.4 Å². The Hall–Kier alpha value is -1.42. The van der Waals surface area contributed by atoms with Crippen LogP contribution in [0.5, 0.6) is 0 Å². The molecule has 0 unspecified atom stereocenters. The van der Waals surface area contributed by atoms with Crippen molar-refractivity contribution in [2.45, 2.75) is 19.4 Å². The van der Waals surface area contributed by atoms with Crippen molar-refractivity contribution in [2.75, 3.05) is 20.6 Å². The Kier molecular flexibility index (Phi) is 5.10. The highest BCUT2D eigenvalue weighted by molar-refractivity contribution is 5.75. The second-order valence-electron chi connectivity index (χ2n) is 4.24. The molecule has 0 aliphatic rings. The van der Waals surface area contributed by atoms with Gasteiger partial charge < -0.3 is 10.2 Å². The lowest BCUT2D eigenvalue weighted by Gasteiger charge is -2.16. The Labute approximate surface area is 102 Å². The highest BCUT2D eigenvalue weighted by atomic mass is 19.1. The third-order valence-corrected chi connectivity index (χ3v) is 2.66. The first-order chi connectivity index (χ1) is 8.02. The molecule has 0 radical (unpaired) electrons. The van der Waals surface area contributed by atoms with Crippen LogP contribution in [0.2, 0.25) is 0 Å². The highest BCUT2D eigenvalue weighted by Gasteiger charge is 2.10. The fraction of sp³-hybridized carbons (Fsp3) is 0.462. The number of halogens is 1. The summed E-state index contributed by atoms with van der Waals surface area (Å²) in [7, 11) is 3.45. The maximum absolute atomic E-state index is 13.4. The van der Waals surface area contributed by atoms with E-state index in [1.165, 1.54) is 6.07 Å². The zero-order valence-corrected chi connectivity index (χ0v) is 10.5. The van der Waals surface area contributed by atoms with Crippen LogP contribution < -0.4 is 5.32 Å². The lowest BCUT2D eigenvalue weighted by atomic mass is 10.1. The summed E-state index contributed by atoms with van der Waals surface area (Å²) in [4.78, 5) is 12.9. The largest absolute Gasteiger partial charge is 0.349 e. The first-order valence-electron chi connectivity index (χ1n) is 5.70. The number of benzene rings is 1. The van der Waals surface area contributed by atoms with E-state index in [1.807, 2.05) is 13.0 Å². The Morgan fingerprint density at radius 2 is 2.06 bits per heavy atom. The molecule has 17 heavy (non-hydrogen) atoms. The number of hydrogen-bond acceptors (Lipinski definition) is 2. The molecule has 0 saturated heterocycles. The van der Waals surface area contributed by atoms with E-state index in [4.69, 9.17) is 0 Å². The topological polar surface area (TPSA) is 32.3 Å². The molecule has 0 aliphatic heterocycles. The van der Waals surface area contributed by atoms with Crippen LogP contribution in [0.4, 0.5) is 4.39 Å². The van der Waals surface area contributed by atoms with Gasteiger partial charge >= 0.3 is 0 Å². The van der Waals surface area contributed by atoms with Crippen molar-refractivity contribution in [3.8, 4) is 0 Å². The van der Waals surface area contributed by atoms with Gasteiger partial charge in [-0.25, -0.2) is 4.39 Å². The molecule has 0 aromatic heterocycles. The van der Waals surface area contributed by atoms with Crippen LogP contribution in [0.25, 0.3) is 0 Å². The van der Waals surface area contributed by atoms with Gasteiger partial charge in [-0.05, 0) is 13.0 Å². The Morgan fingerprint density at radius 3 is 2.65 bits per heavy atom. The number of carbonyl (C=O) groups is 1. The number of hydrogen-bond donors (Lipinski definition) is 1. The second-order valence-corrected chi connectivity index (χ2v) is 4.24. The first-order valence-corrected chi connectivity index (χ1v) is 5.70. The number of rotatable bonds is 5. The average molecular weight is 238 g/mol. The van der Waals surface area contributed by atoms with Crippen molar-refractivity contribution in [2.24, 2.45) is 0 Å². The van der Waals surface area contributed by atoms with Crippen molar-refractivity contribution in [1.29, 1.82) is 0 Å². The SMILES string of the molecule is C[C@@H](NCCC(=O)N(C)C)c1ccccc1F. The molecular formula is C13H19FN2O. The lowest BCUT2D eigenvalue weighted by molar-refractivity contribution is -0.128. The monoisotopic (exact) mass is 238 g/mol. The standard InChI is InChI=1S/C13H19FN2O/c1-10(11-6-4-5-7-12(11)14)15-9-8-13(17)16(2)3/h4-7,10,15H,8-9H2,1-3H3/t10-/m1/s1. The minimum Gasteiger partial charge on any atom is -0.349 e. The fourth-order valence-electron chi connectivity index (χ4n) is 1.56. The zero-order chi connectivity index (χ0) is 12.8. The normalized spacial score (nSPS) is 12.2. The number of nitrogens with zero attached hydrogens (tertiary/aromatic N) is 1. The van der Waals surface area contributed by atoms with Crippen molar-refractivity contribution in [1.82, 2.24) is 10.2 Å². The smallest absolute Gasteiger partial charge is 0.223 e. The zero-order valence-electron chi connectivity index (χ0n) is 10.5. The van der Waals surface area contributed by atoms with Crippen molar-refractivity contribution in [3.63, 3.8) is 0 Å². The number of nitrogens with one attached hydrogen (secondary N) is 1. The van der Waals surface area contributed by atoms with Gasteiger partial charge in [-0.1, -0.05) is 18.2 Å². The van der Waals surface area contributed by atoms with Crippen LogP contribution in [0.3, 0.4) is 0 Å². The summed E-state index contributed by atoms with van der Waals surface area (Å²) < 4.78 is 13.4. The predicted molar refractivity (Wildman–Crippen MR) is 66.1 cm³/mol. The molecule has 0 fully saturated rings. The van der Waals surface area contributed by atoms with Crippen LogP contribution in [0.1, 0.15) is 24.9 Å². The van der Waals surface area contributed by atoms with Gasteiger partial charge in [0.15, 0.2) is 0 Å². The Bertz CT molecular complexity index is 379. The van der Waals surface area contributed by atoms with Crippen LogP contribution in [0.15, 0.2) is 24.3 Å². The summed E-state index contributed by atoms with van der Waals surface area (Å²) in [6.45, 7) is 2.44. The van der Waals surface area contributed by atoms with Gasteiger partial charge in [0, 0.05) is 38.7 Å². The molecule has 0 aliphatic carbocycles. The summed E-state index contributed by atoms with van der Waals surface area (Å²) >= 11 is 0. The summed E-state index contributed by atoms with van der Waals surface area (Å²) in [5.74, 6) is -0.148. The van der Waals surface area contributed by atoms with Gasteiger partial charge in [-0.3, -0.25) is 4.79 Å². The van der Waals surface area contributed by atoms with Gasteiger partial charge in [0.1, 0.15) is 5.82 Å². The summed E-state index contributed by atoms with van der Waals surface area (Å²) in [6.07, 6.45) is 0.422. The van der Waals surface area contributed by atoms with E-state index in [-0.39, 0.29) is 17.8 Å². The highest BCUT2D eigenvalue weighted by Crippen LogP contribution is 2.15. The minimum absolute atomic E-state index is 0.0678. The van der Waals surface area contributed by atoms with Crippen LogP contribution >= 0.6 is 0 Å². The third kappa shape index (κ3) is 4.15. The first kappa shape index (κ1) is 13.6. The van der Waals surface area contributed by atoms with Gasteiger partial charge in [0.05, 0.1) is 0 Å². The summed E-state index contributed by atoms with van der Waals surface area (Å²) in [6, 6.07) is 6.58. The molecule has 1 aromatic rings. The molecule has 0 bridgehead atoms. The van der Waals surface area contributed by atoms with Gasteiger partial charge in [-0.15, -0.1) is 0 Å². The van der Waals surface area contributed by atoms with E-state index < -0.39 is 0 Å². The molecule has 4 heteroatoms. The predicted octanol–water partition coefficient (Wildman–Crippen LogP) is 1.95. The summed E-state index contributed by atoms with van der Waals surface area (Å²) in [5, 5.41) is 3.14. The van der Waals surface area contributed by atoms with Gasteiger partial charge in [0.2, 0.25) is 5.91 Å². The molecular weight excluding hydrogens is 219 g/mol. The third-order valence-electron chi connectivity index (χ3n) is 2.66. The number of amides is 1. The van der Waals surface area contributed by atoms with Crippen LogP contribution in [-0.2, 0) is 4.79 Å². The van der Waals surface area contributed by atoms with Crippen molar-refractivity contribution >= 4 is 5.91 Å². The van der Waals surface area contributed by atoms with Gasteiger partial charge in [-0.2, -0.15) is 0 Å². The molecule has 0 heterocycles. The van der Waals surface area contributed by atoms with Crippen molar-refractivity contribution in [3.05, 3.63) is 35.6 Å². The van der Waals surface area contributed by atoms with E-state index in [0.717, 1.165) is 0 Å². The van der Waals surface area contributed by atoms with E-state index in [2.05, 4.69) is 5.32 Å².